The predicted octanol–water partition coefficient (Wildman–Crippen LogP) is 3.20. The first-order valence-corrected chi connectivity index (χ1v) is 10.2. The Kier molecular flexibility index (Phi) is 6.33. The Balaban J connectivity index is 1.79. The fraction of sp³-hybridized carbons (Fsp3) is 0.238. The third kappa shape index (κ3) is 4.65. The van der Waals surface area contributed by atoms with E-state index in [1.165, 1.54) is 11.8 Å². The van der Waals surface area contributed by atoms with Crippen molar-refractivity contribution >= 4 is 40.2 Å². The molecule has 1 aromatic heterocycles. The van der Waals surface area contributed by atoms with Crippen LogP contribution in [0.1, 0.15) is 36.7 Å². The van der Waals surface area contributed by atoms with Crippen molar-refractivity contribution in [3.63, 3.8) is 0 Å². The number of anilines is 1. The standard InChI is InChI=1S/C21H22N4O3S/c1-3-13(2)25-20(28)16-6-4-5-7-17(16)24-21(25)29-12-18(26)23-15-10-8-14(9-11-15)19(22)27/h4-11,13H,3,12H2,1-2H3,(H2,22,27)(H,23,26)/t13-/m0/s1. The maximum absolute atomic E-state index is 12.9. The summed E-state index contributed by atoms with van der Waals surface area (Å²) < 4.78 is 1.65. The first kappa shape index (κ1) is 20.6. The van der Waals surface area contributed by atoms with E-state index in [0.717, 1.165) is 6.42 Å². The lowest BCUT2D eigenvalue weighted by Crippen LogP contribution is -2.26. The highest BCUT2D eigenvalue weighted by Gasteiger charge is 2.16. The lowest BCUT2D eigenvalue weighted by molar-refractivity contribution is -0.113. The van der Waals surface area contributed by atoms with Crippen LogP contribution in [0, 0.1) is 0 Å². The SMILES string of the molecule is CC[C@H](C)n1c(SCC(=O)Nc2ccc(C(N)=O)cc2)nc2ccccc2c1=O. The van der Waals surface area contributed by atoms with Gasteiger partial charge in [-0.1, -0.05) is 30.8 Å². The highest BCUT2D eigenvalue weighted by atomic mass is 32.2. The summed E-state index contributed by atoms with van der Waals surface area (Å²) >= 11 is 1.22. The van der Waals surface area contributed by atoms with Crippen molar-refractivity contribution in [2.75, 3.05) is 11.1 Å². The van der Waals surface area contributed by atoms with Crippen molar-refractivity contribution < 1.29 is 9.59 Å². The summed E-state index contributed by atoms with van der Waals surface area (Å²) in [6.07, 6.45) is 0.770. The molecular weight excluding hydrogens is 388 g/mol. The highest BCUT2D eigenvalue weighted by Crippen LogP contribution is 2.22. The van der Waals surface area contributed by atoms with Gasteiger partial charge in [0.15, 0.2) is 5.16 Å². The number of rotatable bonds is 7. The van der Waals surface area contributed by atoms with Crippen LogP contribution in [-0.4, -0.2) is 27.1 Å². The van der Waals surface area contributed by atoms with E-state index >= 15 is 0 Å². The van der Waals surface area contributed by atoms with Crippen molar-refractivity contribution in [1.82, 2.24) is 9.55 Å². The van der Waals surface area contributed by atoms with Gasteiger partial charge in [0.1, 0.15) is 0 Å². The van der Waals surface area contributed by atoms with Gasteiger partial charge in [-0.05, 0) is 49.7 Å². The zero-order valence-electron chi connectivity index (χ0n) is 16.2. The first-order chi connectivity index (χ1) is 13.9. The molecule has 0 bridgehead atoms. The Labute approximate surface area is 172 Å². The summed E-state index contributed by atoms with van der Waals surface area (Å²) in [6, 6.07) is 13.5. The van der Waals surface area contributed by atoms with Crippen LogP contribution in [0.25, 0.3) is 10.9 Å². The quantitative estimate of drug-likeness (QED) is 0.459. The highest BCUT2D eigenvalue weighted by molar-refractivity contribution is 7.99. The predicted molar refractivity (Wildman–Crippen MR) is 115 cm³/mol. The number of amides is 2. The molecule has 150 valence electrons. The summed E-state index contributed by atoms with van der Waals surface area (Å²) in [6.45, 7) is 3.96. The summed E-state index contributed by atoms with van der Waals surface area (Å²) in [5.74, 6) is -0.664. The Morgan fingerprint density at radius 3 is 2.52 bits per heavy atom. The van der Waals surface area contributed by atoms with E-state index in [1.807, 2.05) is 26.0 Å². The number of nitrogens with one attached hydrogen (secondary N) is 1. The van der Waals surface area contributed by atoms with E-state index in [2.05, 4.69) is 10.3 Å². The van der Waals surface area contributed by atoms with Crippen LogP contribution in [0.2, 0.25) is 0 Å². The summed E-state index contributed by atoms with van der Waals surface area (Å²) in [5, 5.41) is 3.85. The normalized spacial score (nSPS) is 11.9. The zero-order valence-corrected chi connectivity index (χ0v) is 17.0. The second-order valence-electron chi connectivity index (χ2n) is 6.62. The van der Waals surface area contributed by atoms with E-state index in [0.29, 0.717) is 27.3 Å². The van der Waals surface area contributed by atoms with E-state index in [9.17, 15) is 14.4 Å². The smallest absolute Gasteiger partial charge is 0.262 e. The molecule has 0 saturated carbocycles. The fourth-order valence-corrected chi connectivity index (χ4v) is 3.74. The van der Waals surface area contributed by atoms with Crippen LogP contribution in [0.4, 0.5) is 5.69 Å². The minimum absolute atomic E-state index is 0.0356. The number of aromatic nitrogens is 2. The fourth-order valence-electron chi connectivity index (χ4n) is 2.84. The molecule has 0 saturated heterocycles. The van der Waals surface area contributed by atoms with Gasteiger partial charge in [-0.3, -0.25) is 19.0 Å². The summed E-state index contributed by atoms with van der Waals surface area (Å²) in [4.78, 5) is 41.0. The maximum Gasteiger partial charge on any atom is 0.262 e. The number of fused-ring (bicyclic) bond motifs is 1. The molecule has 0 unspecified atom stereocenters. The Bertz CT molecular complexity index is 1110. The minimum atomic E-state index is -0.524. The van der Waals surface area contributed by atoms with Gasteiger partial charge in [0.2, 0.25) is 11.8 Å². The van der Waals surface area contributed by atoms with Crippen molar-refractivity contribution in [1.29, 1.82) is 0 Å². The maximum atomic E-state index is 12.9. The molecule has 0 fully saturated rings. The number of primary amides is 1. The molecule has 1 atom stereocenters. The van der Waals surface area contributed by atoms with Gasteiger partial charge in [0.05, 0.1) is 16.7 Å². The van der Waals surface area contributed by atoms with E-state index in [4.69, 9.17) is 5.73 Å². The van der Waals surface area contributed by atoms with Crippen molar-refractivity contribution in [2.24, 2.45) is 5.73 Å². The van der Waals surface area contributed by atoms with Gasteiger partial charge >= 0.3 is 0 Å². The van der Waals surface area contributed by atoms with Crippen LogP contribution < -0.4 is 16.6 Å². The van der Waals surface area contributed by atoms with Gasteiger partial charge in [0.25, 0.3) is 5.56 Å². The number of carbonyl (C=O) groups is 2. The molecule has 0 spiro atoms. The average molecular weight is 410 g/mol. The molecule has 0 aliphatic rings. The number of carbonyl (C=O) groups excluding carboxylic acids is 2. The zero-order chi connectivity index (χ0) is 21.0. The molecule has 29 heavy (non-hydrogen) atoms. The average Bonchev–Trinajstić information content (AvgIpc) is 2.72. The van der Waals surface area contributed by atoms with E-state index in [1.54, 1.807) is 41.0 Å². The second kappa shape index (κ2) is 8.91. The molecule has 7 nitrogen and oxygen atoms in total. The molecule has 2 aromatic carbocycles. The van der Waals surface area contributed by atoms with Crippen LogP contribution in [0.3, 0.4) is 0 Å². The second-order valence-corrected chi connectivity index (χ2v) is 7.56. The van der Waals surface area contributed by atoms with Crippen molar-refractivity contribution in [3.8, 4) is 0 Å². The number of hydrogen-bond acceptors (Lipinski definition) is 5. The lowest BCUT2D eigenvalue weighted by atomic mass is 10.2. The van der Waals surface area contributed by atoms with Crippen LogP contribution in [0.15, 0.2) is 58.5 Å². The number of benzene rings is 2. The molecule has 3 aromatic rings. The van der Waals surface area contributed by atoms with Gasteiger partial charge < -0.3 is 11.1 Å². The van der Waals surface area contributed by atoms with Crippen LogP contribution in [-0.2, 0) is 4.79 Å². The Hall–Kier alpha value is -3.13. The molecule has 2 amide bonds. The number of nitrogens with two attached hydrogens (primary N) is 1. The molecule has 8 heteroatoms. The van der Waals surface area contributed by atoms with E-state index < -0.39 is 5.91 Å². The lowest BCUT2D eigenvalue weighted by Gasteiger charge is -2.18. The van der Waals surface area contributed by atoms with Crippen LogP contribution >= 0.6 is 11.8 Å². The molecule has 3 rings (SSSR count). The third-order valence-electron chi connectivity index (χ3n) is 4.59. The Morgan fingerprint density at radius 2 is 1.86 bits per heavy atom. The molecule has 0 radical (unpaired) electrons. The van der Waals surface area contributed by atoms with Crippen LogP contribution in [0.5, 0.6) is 0 Å². The van der Waals surface area contributed by atoms with Gasteiger partial charge in [-0.25, -0.2) is 4.98 Å². The van der Waals surface area contributed by atoms with Crippen molar-refractivity contribution in [2.45, 2.75) is 31.5 Å². The first-order valence-electron chi connectivity index (χ1n) is 9.24. The minimum Gasteiger partial charge on any atom is -0.366 e. The van der Waals surface area contributed by atoms with Gasteiger partial charge in [-0.2, -0.15) is 0 Å². The van der Waals surface area contributed by atoms with Crippen molar-refractivity contribution in [3.05, 3.63) is 64.4 Å². The molecule has 3 N–H and O–H groups in total. The number of nitrogens with zero attached hydrogens (tertiary/aromatic N) is 2. The van der Waals surface area contributed by atoms with Gasteiger partial charge in [-0.15, -0.1) is 0 Å². The summed E-state index contributed by atoms with van der Waals surface area (Å²) in [5.41, 5.74) is 6.66. The third-order valence-corrected chi connectivity index (χ3v) is 5.55. The molecule has 0 aliphatic carbocycles. The molecular formula is C21H22N4O3S. The van der Waals surface area contributed by atoms with Gasteiger partial charge in [0, 0.05) is 17.3 Å². The number of hydrogen-bond donors (Lipinski definition) is 2. The Morgan fingerprint density at radius 1 is 1.17 bits per heavy atom. The number of thioether (sulfide) groups is 1. The number of para-hydroxylation sites is 1. The van der Waals surface area contributed by atoms with E-state index in [-0.39, 0.29) is 23.3 Å². The largest absolute Gasteiger partial charge is 0.366 e. The molecule has 0 aliphatic heterocycles. The monoisotopic (exact) mass is 410 g/mol. The topological polar surface area (TPSA) is 107 Å². The summed E-state index contributed by atoms with van der Waals surface area (Å²) in [7, 11) is 0. The molecule has 1 heterocycles.